The van der Waals surface area contributed by atoms with E-state index in [4.69, 9.17) is 4.74 Å². The second kappa shape index (κ2) is 9.71. The summed E-state index contributed by atoms with van der Waals surface area (Å²) in [5.41, 5.74) is 1.35. The van der Waals surface area contributed by atoms with Crippen LogP contribution >= 0.6 is 0 Å². The Balaban J connectivity index is 1.70. The van der Waals surface area contributed by atoms with E-state index in [0.717, 1.165) is 37.7 Å². The highest BCUT2D eigenvalue weighted by molar-refractivity contribution is 5.75. The highest BCUT2D eigenvalue weighted by atomic mass is 16.5. The molecule has 1 N–H and O–H groups in total. The Labute approximate surface area is 147 Å². The van der Waals surface area contributed by atoms with Gasteiger partial charge in [0.2, 0.25) is 5.91 Å². The van der Waals surface area contributed by atoms with Crippen molar-refractivity contribution in [2.24, 2.45) is 11.8 Å². The van der Waals surface area contributed by atoms with Gasteiger partial charge in [0.25, 0.3) is 0 Å². The Morgan fingerprint density at radius 1 is 1.33 bits per heavy atom. The quantitative estimate of drug-likeness (QED) is 0.585. The van der Waals surface area contributed by atoms with E-state index < -0.39 is 0 Å². The summed E-state index contributed by atoms with van der Waals surface area (Å²) < 4.78 is 5.90. The summed E-state index contributed by atoms with van der Waals surface area (Å²) in [5, 5.41) is 3.05. The van der Waals surface area contributed by atoms with Crippen LogP contribution in [0.25, 0.3) is 0 Å². The summed E-state index contributed by atoms with van der Waals surface area (Å²) in [5.74, 6) is 3.11. The third-order valence-electron chi connectivity index (χ3n) is 4.69. The van der Waals surface area contributed by atoms with Gasteiger partial charge in [-0.15, -0.1) is 0 Å². The third kappa shape index (κ3) is 6.54. The summed E-state index contributed by atoms with van der Waals surface area (Å²) in [6, 6.07) is 8.50. The second-order valence-corrected chi connectivity index (χ2v) is 7.47. The van der Waals surface area contributed by atoms with Gasteiger partial charge in [0, 0.05) is 13.0 Å². The molecular formula is C21H33NO2. The SMILES string of the molecule is CCCC(=O)NCC1CC1c1cccc(OCCCCC(C)C)c1. The van der Waals surface area contributed by atoms with Crippen molar-refractivity contribution in [1.29, 1.82) is 0 Å². The lowest BCUT2D eigenvalue weighted by molar-refractivity contribution is -0.121. The maximum Gasteiger partial charge on any atom is 0.219 e. The molecule has 134 valence electrons. The largest absolute Gasteiger partial charge is 0.494 e. The van der Waals surface area contributed by atoms with E-state index in [0.29, 0.717) is 18.3 Å². The van der Waals surface area contributed by atoms with Gasteiger partial charge >= 0.3 is 0 Å². The zero-order chi connectivity index (χ0) is 17.4. The molecule has 1 aromatic rings. The zero-order valence-electron chi connectivity index (χ0n) is 15.5. The molecule has 1 aromatic carbocycles. The number of hydrogen-bond acceptors (Lipinski definition) is 2. The van der Waals surface area contributed by atoms with Crippen molar-refractivity contribution in [3.63, 3.8) is 0 Å². The molecular weight excluding hydrogens is 298 g/mol. The number of ether oxygens (including phenoxy) is 1. The Kier molecular flexibility index (Phi) is 7.61. The van der Waals surface area contributed by atoms with Gasteiger partial charge in [0.05, 0.1) is 6.61 Å². The van der Waals surface area contributed by atoms with Crippen molar-refractivity contribution in [1.82, 2.24) is 5.32 Å². The molecule has 3 heteroatoms. The van der Waals surface area contributed by atoms with E-state index >= 15 is 0 Å². The van der Waals surface area contributed by atoms with E-state index in [1.807, 2.05) is 13.0 Å². The summed E-state index contributed by atoms with van der Waals surface area (Å²) in [4.78, 5) is 11.6. The second-order valence-electron chi connectivity index (χ2n) is 7.47. The van der Waals surface area contributed by atoms with E-state index in [1.165, 1.54) is 24.8 Å². The lowest BCUT2D eigenvalue weighted by Gasteiger charge is -2.09. The van der Waals surface area contributed by atoms with E-state index in [2.05, 4.69) is 37.4 Å². The predicted molar refractivity (Wildman–Crippen MR) is 99.4 cm³/mol. The zero-order valence-corrected chi connectivity index (χ0v) is 15.5. The summed E-state index contributed by atoms with van der Waals surface area (Å²) in [7, 11) is 0. The third-order valence-corrected chi connectivity index (χ3v) is 4.69. The van der Waals surface area contributed by atoms with Gasteiger partial charge in [0.1, 0.15) is 5.75 Å². The van der Waals surface area contributed by atoms with Crippen LogP contribution in [0.5, 0.6) is 5.75 Å². The Bertz CT molecular complexity index is 512. The van der Waals surface area contributed by atoms with Crippen molar-refractivity contribution in [2.75, 3.05) is 13.2 Å². The molecule has 0 heterocycles. The fourth-order valence-corrected chi connectivity index (χ4v) is 3.12. The minimum Gasteiger partial charge on any atom is -0.494 e. The number of benzene rings is 1. The number of hydrogen-bond donors (Lipinski definition) is 1. The van der Waals surface area contributed by atoms with Gasteiger partial charge < -0.3 is 10.1 Å². The number of carbonyl (C=O) groups excluding carboxylic acids is 1. The number of nitrogens with one attached hydrogen (secondary N) is 1. The first-order valence-electron chi connectivity index (χ1n) is 9.59. The van der Waals surface area contributed by atoms with Crippen molar-refractivity contribution < 1.29 is 9.53 Å². The number of carbonyl (C=O) groups is 1. The van der Waals surface area contributed by atoms with Crippen LogP contribution in [0.2, 0.25) is 0 Å². The highest BCUT2D eigenvalue weighted by Gasteiger charge is 2.38. The monoisotopic (exact) mass is 331 g/mol. The highest BCUT2D eigenvalue weighted by Crippen LogP contribution is 2.47. The van der Waals surface area contributed by atoms with Crippen LogP contribution in [0, 0.1) is 11.8 Å². The minimum absolute atomic E-state index is 0.182. The van der Waals surface area contributed by atoms with Crippen molar-refractivity contribution in [3.05, 3.63) is 29.8 Å². The summed E-state index contributed by atoms with van der Waals surface area (Å²) >= 11 is 0. The summed E-state index contributed by atoms with van der Waals surface area (Å²) in [6.45, 7) is 8.18. The first-order valence-corrected chi connectivity index (χ1v) is 9.59. The normalized spacial score (nSPS) is 19.3. The van der Waals surface area contributed by atoms with Crippen LogP contribution in [-0.4, -0.2) is 19.1 Å². The number of amides is 1. The maximum atomic E-state index is 11.6. The van der Waals surface area contributed by atoms with E-state index in [1.54, 1.807) is 0 Å². The first-order chi connectivity index (χ1) is 11.6. The van der Waals surface area contributed by atoms with Gasteiger partial charge in [-0.05, 0) is 61.1 Å². The minimum atomic E-state index is 0.182. The van der Waals surface area contributed by atoms with Crippen LogP contribution in [0.15, 0.2) is 24.3 Å². The number of rotatable bonds is 11. The molecule has 0 spiro atoms. The molecule has 3 nitrogen and oxygen atoms in total. The predicted octanol–water partition coefficient (Wildman–Crippen LogP) is 4.91. The molecule has 1 aliphatic carbocycles. The van der Waals surface area contributed by atoms with Gasteiger partial charge in [-0.3, -0.25) is 4.79 Å². The van der Waals surface area contributed by atoms with Crippen molar-refractivity contribution in [2.45, 2.75) is 65.2 Å². The molecule has 1 saturated carbocycles. The fourth-order valence-electron chi connectivity index (χ4n) is 3.12. The van der Waals surface area contributed by atoms with Crippen LogP contribution in [0.3, 0.4) is 0 Å². The lowest BCUT2D eigenvalue weighted by atomic mass is 10.1. The molecule has 2 rings (SSSR count). The van der Waals surface area contributed by atoms with Crippen LogP contribution < -0.4 is 10.1 Å². The lowest BCUT2D eigenvalue weighted by Crippen LogP contribution is -2.25. The van der Waals surface area contributed by atoms with Crippen molar-refractivity contribution in [3.8, 4) is 5.75 Å². The number of unbranched alkanes of at least 4 members (excludes halogenated alkanes) is 1. The summed E-state index contributed by atoms with van der Waals surface area (Å²) in [6.07, 6.45) is 6.35. The first kappa shape index (κ1) is 18.8. The molecule has 0 saturated heterocycles. The molecule has 1 amide bonds. The van der Waals surface area contributed by atoms with E-state index in [9.17, 15) is 4.79 Å². The molecule has 1 aliphatic rings. The van der Waals surface area contributed by atoms with Gasteiger partial charge in [-0.25, -0.2) is 0 Å². The van der Waals surface area contributed by atoms with E-state index in [-0.39, 0.29) is 5.91 Å². The Hall–Kier alpha value is -1.51. The molecule has 0 aliphatic heterocycles. The Morgan fingerprint density at radius 3 is 2.92 bits per heavy atom. The molecule has 0 radical (unpaired) electrons. The molecule has 0 aromatic heterocycles. The fraction of sp³-hybridized carbons (Fsp3) is 0.667. The molecule has 0 bridgehead atoms. The Morgan fingerprint density at radius 2 is 2.17 bits per heavy atom. The van der Waals surface area contributed by atoms with Gasteiger partial charge in [-0.1, -0.05) is 39.3 Å². The van der Waals surface area contributed by atoms with Crippen LogP contribution in [-0.2, 0) is 4.79 Å². The molecule has 24 heavy (non-hydrogen) atoms. The topological polar surface area (TPSA) is 38.3 Å². The average Bonchev–Trinajstić information content (AvgIpc) is 3.33. The maximum absolute atomic E-state index is 11.6. The molecule has 2 atom stereocenters. The van der Waals surface area contributed by atoms with Gasteiger partial charge in [0.15, 0.2) is 0 Å². The van der Waals surface area contributed by atoms with Crippen LogP contribution in [0.4, 0.5) is 0 Å². The van der Waals surface area contributed by atoms with Crippen LogP contribution in [0.1, 0.15) is 70.8 Å². The standard InChI is InChI=1S/C21H33NO2/c1-4-8-21(23)22-15-18-14-20(18)17-10-7-11-19(13-17)24-12-6-5-9-16(2)3/h7,10-11,13,16,18,20H,4-6,8-9,12,14-15H2,1-3H3,(H,22,23). The average molecular weight is 332 g/mol. The smallest absolute Gasteiger partial charge is 0.219 e. The van der Waals surface area contributed by atoms with Gasteiger partial charge in [-0.2, -0.15) is 0 Å². The molecule has 2 unspecified atom stereocenters. The van der Waals surface area contributed by atoms with Crippen molar-refractivity contribution >= 4 is 5.91 Å². The molecule has 1 fully saturated rings.